The Morgan fingerprint density at radius 2 is 1.03 bits per heavy atom. The summed E-state index contributed by atoms with van der Waals surface area (Å²) in [7, 11) is 0. The van der Waals surface area contributed by atoms with Gasteiger partial charge in [-0.15, -0.1) is 0 Å². The fraction of sp³-hybridized carbons (Fsp3) is 0.0833. The molecule has 34 heavy (non-hydrogen) atoms. The van der Waals surface area contributed by atoms with E-state index in [2.05, 4.69) is 0 Å². The molecule has 0 N–H and O–H groups in total. The van der Waals surface area contributed by atoms with Gasteiger partial charge < -0.3 is 0 Å². The van der Waals surface area contributed by atoms with E-state index >= 15 is 0 Å². The molecule has 0 aromatic heterocycles. The maximum Gasteiger partial charge on any atom is 0.416 e. The van der Waals surface area contributed by atoms with Crippen LogP contribution in [0.15, 0.2) is 84.6 Å². The molecule has 4 nitrogen and oxygen atoms in total. The van der Waals surface area contributed by atoms with Gasteiger partial charge in [0.25, 0.3) is 5.91 Å². The maximum absolute atomic E-state index is 13.2. The quantitative estimate of drug-likeness (QED) is 0.239. The largest absolute Gasteiger partial charge is 0.416 e. The third kappa shape index (κ3) is 4.39. The third-order valence-electron chi connectivity index (χ3n) is 5.05. The number of carbonyl (C=O) groups excluding carboxylic acids is 2. The van der Waals surface area contributed by atoms with Crippen molar-refractivity contribution >= 4 is 29.4 Å². The first kappa shape index (κ1) is 23.1. The predicted molar refractivity (Wildman–Crippen MR) is 113 cm³/mol. The molecule has 0 unspecified atom stereocenters. The van der Waals surface area contributed by atoms with Crippen LogP contribution in [0.25, 0.3) is 6.08 Å². The van der Waals surface area contributed by atoms with Gasteiger partial charge in [0.05, 0.1) is 22.5 Å². The average molecular weight is 476 g/mol. The number of anilines is 2. The summed E-state index contributed by atoms with van der Waals surface area (Å²) in [5.74, 6) is -0.839. The molecule has 0 aliphatic carbocycles. The zero-order chi connectivity index (χ0) is 24.7. The monoisotopic (exact) mass is 476 g/mol. The van der Waals surface area contributed by atoms with Gasteiger partial charge in [-0.2, -0.15) is 26.3 Å². The number of nitrogens with zero attached hydrogens (tertiary/aromatic N) is 2. The average Bonchev–Trinajstić information content (AvgIpc) is 3.03. The lowest BCUT2D eigenvalue weighted by atomic mass is 10.1. The van der Waals surface area contributed by atoms with Crippen molar-refractivity contribution in [1.82, 2.24) is 0 Å². The Kier molecular flexibility index (Phi) is 5.68. The minimum Gasteiger partial charge on any atom is -0.266 e. The molecule has 0 atom stereocenters. The van der Waals surface area contributed by atoms with Crippen molar-refractivity contribution in [1.29, 1.82) is 0 Å². The van der Waals surface area contributed by atoms with Crippen LogP contribution >= 0.6 is 0 Å². The summed E-state index contributed by atoms with van der Waals surface area (Å²) in [6, 6.07) is 14.5. The first-order valence-electron chi connectivity index (χ1n) is 9.76. The number of hydrogen-bond donors (Lipinski definition) is 0. The summed E-state index contributed by atoms with van der Waals surface area (Å²) in [4.78, 5) is 28.0. The molecule has 1 heterocycles. The number of imide groups is 1. The maximum atomic E-state index is 13.2. The van der Waals surface area contributed by atoms with Crippen molar-refractivity contribution in [2.75, 3.05) is 9.80 Å². The van der Waals surface area contributed by atoms with Crippen LogP contribution in [0.5, 0.6) is 0 Å². The molecule has 0 saturated carbocycles. The lowest BCUT2D eigenvalue weighted by Gasteiger charge is -2.18. The second kappa shape index (κ2) is 8.36. The highest BCUT2D eigenvalue weighted by atomic mass is 19.4. The number of benzene rings is 3. The Morgan fingerprint density at radius 3 is 1.47 bits per heavy atom. The van der Waals surface area contributed by atoms with Crippen molar-refractivity contribution in [3.8, 4) is 0 Å². The lowest BCUT2D eigenvalue weighted by Crippen LogP contribution is -2.33. The van der Waals surface area contributed by atoms with Crippen molar-refractivity contribution < 1.29 is 35.9 Å². The van der Waals surface area contributed by atoms with Gasteiger partial charge in [-0.25, -0.2) is 9.69 Å². The Bertz CT molecular complexity index is 1250. The number of alkyl halides is 6. The predicted octanol–water partition coefficient (Wildman–Crippen LogP) is 6.74. The molecule has 0 radical (unpaired) electrons. The standard InChI is InChI=1S/C24H14F6N2O2/c25-23(26,27)16-6-10-18(11-7-16)31-20(14-15-4-2-1-3-5-15)21(33)32(22(31)34)19-12-8-17(9-13-19)24(28,29)30/h1-14H/b20-14+. The molecule has 3 amide bonds. The van der Waals surface area contributed by atoms with Crippen LogP contribution in [-0.2, 0) is 17.1 Å². The Hall–Kier alpha value is -4.08. The van der Waals surface area contributed by atoms with E-state index < -0.39 is 35.4 Å². The second-order valence-corrected chi connectivity index (χ2v) is 7.29. The van der Waals surface area contributed by atoms with Crippen molar-refractivity contribution in [3.63, 3.8) is 0 Å². The van der Waals surface area contributed by atoms with Crippen LogP contribution < -0.4 is 9.80 Å². The minimum absolute atomic E-state index is 0.0112. The normalized spacial score (nSPS) is 16.0. The van der Waals surface area contributed by atoms with Crippen molar-refractivity contribution in [2.45, 2.75) is 12.4 Å². The van der Waals surface area contributed by atoms with Crippen LogP contribution in [0, 0.1) is 0 Å². The summed E-state index contributed by atoms with van der Waals surface area (Å²) in [6.45, 7) is 0. The summed E-state index contributed by atoms with van der Waals surface area (Å²) in [5.41, 5.74) is -1.67. The van der Waals surface area contributed by atoms with E-state index in [1.54, 1.807) is 30.3 Å². The molecule has 4 rings (SSSR count). The zero-order valence-corrected chi connectivity index (χ0v) is 17.1. The number of rotatable bonds is 3. The van der Waals surface area contributed by atoms with E-state index in [0.29, 0.717) is 10.5 Å². The fourth-order valence-electron chi connectivity index (χ4n) is 3.41. The van der Waals surface area contributed by atoms with E-state index in [-0.39, 0.29) is 17.1 Å². The zero-order valence-electron chi connectivity index (χ0n) is 17.1. The van der Waals surface area contributed by atoms with Crippen LogP contribution in [0.2, 0.25) is 0 Å². The third-order valence-corrected chi connectivity index (χ3v) is 5.05. The Balaban J connectivity index is 1.79. The number of hydrogen-bond acceptors (Lipinski definition) is 2. The van der Waals surface area contributed by atoms with E-state index in [9.17, 15) is 35.9 Å². The highest BCUT2D eigenvalue weighted by molar-refractivity contribution is 6.35. The summed E-state index contributed by atoms with van der Waals surface area (Å²) >= 11 is 0. The molecule has 1 saturated heterocycles. The van der Waals surface area contributed by atoms with Gasteiger partial charge in [0.1, 0.15) is 5.70 Å². The number of urea groups is 1. The molecule has 1 aliphatic rings. The molecular formula is C24H14F6N2O2. The van der Waals surface area contributed by atoms with Gasteiger partial charge in [0.15, 0.2) is 0 Å². The Morgan fingerprint density at radius 1 is 0.588 bits per heavy atom. The van der Waals surface area contributed by atoms with Gasteiger partial charge in [-0.1, -0.05) is 30.3 Å². The van der Waals surface area contributed by atoms with Crippen LogP contribution in [0.1, 0.15) is 16.7 Å². The fourth-order valence-corrected chi connectivity index (χ4v) is 3.41. The molecule has 0 spiro atoms. The molecule has 3 aromatic rings. The van der Waals surface area contributed by atoms with Crippen molar-refractivity contribution in [3.05, 3.63) is 101 Å². The van der Waals surface area contributed by atoms with Crippen molar-refractivity contribution in [2.24, 2.45) is 0 Å². The van der Waals surface area contributed by atoms with Gasteiger partial charge in [0, 0.05) is 0 Å². The smallest absolute Gasteiger partial charge is 0.266 e. The van der Waals surface area contributed by atoms with E-state index in [0.717, 1.165) is 53.4 Å². The van der Waals surface area contributed by atoms with Crippen LogP contribution in [0.3, 0.4) is 0 Å². The molecule has 10 heteroatoms. The van der Waals surface area contributed by atoms with E-state index in [4.69, 9.17) is 0 Å². The lowest BCUT2D eigenvalue weighted by molar-refractivity contribution is -0.138. The number of carbonyl (C=O) groups is 2. The minimum atomic E-state index is -4.61. The molecule has 174 valence electrons. The van der Waals surface area contributed by atoms with Gasteiger partial charge in [-0.3, -0.25) is 9.69 Å². The van der Waals surface area contributed by atoms with Crippen LogP contribution in [-0.4, -0.2) is 11.9 Å². The molecule has 1 aliphatic heterocycles. The van der Waals surface area contributed by atoms with Gasteiger partial charge in [-0.05, 0) is 60.2 Å². The van der Waals surface area contributed by atoms with Crippen LogP contribution in [0.4, 0.5) is 42.5 Å². The number of halogens is 6. The van der Waals surface area contributed by atoms with E-state index in [1.165, 1.54) is 6.08 Å². The number of amides is 3. The topological polar surface area (TPSA) is 40.6 Å². The SMILES string of the molecule is O=C1/C(=C\c2ccccc2)N(c2ccc(C(F)(F)F)cc2)C(=O)N1c1ccc(C(F)(F)F)cc1. The first-order valence-corrected chi connectivity index (χ1v) is 9.76. The molecule has 0 bridgehead atoms. The highest BCUT2D eigenvalue weighted by Gasteiger charge is 2.43. The molecule has 1 fully saturated rings. The van der Waals surface area contributed by atoms with Gasteiger partial charge >= 0.3 is 18.4 Å². The second-order valence-electron chi connectivity index (χ2n) is 7.29. The Labute approximate surface area is 189 Å². The summed E-state index contributed by atoms with van der Waals surface area (Å²) < 4.78 is 77.6. The summed E-state index contributed by atoms with van der Waals surface area (Å²) in [5, 5.41) is 0. The molecule has 3 aromatic carbocycles. The first-order chi connectivity index (χ1) is 16.0. The molecular weight excluding hydrogens is 462 g/mol. The summed E-state index contributed by atoms with van der Waals surface area (Å²) in [6.07, 6.45) is -7.83. The van der Waals surface area contributed by atoms with Gasteiger partial charge in [0.2, 0.25) is 0 Å². The van der Waals surface area contributed by atoms with E-state index in [1.807, 2.05) is 0 Å². The highest BCUT2D eigenvalue weighted by Crippen LogP contribution is 2.37.